The van der Waals surface area contributed by atoms with Gasteiger partial charge in [0.05, 0.1) is 24.6 Å². The number of halogens is 3. The molecule has 0 spiro atoms. The number of hydrogen-bond donors (Lipinski definition) is 2. The molecule has 4 heterocycles. The van der Waals surface area contributed by atoms with E-state index in [4.69, 9.17) is 9.47 Å². The van der Waals surface area contributed by atoms with E-state index in [9.17, 15) is 32.3 Å². The summed E-state index contributed by atoms with van der Waals surface area (Å²) in [7, 11) is 0. The number of carbonyl (C=O) groups excluding carboxylic acids is 4. The van der Waals surface area contributed by atoms with Gasteiger partial charge in [-0.15, -0.1) is 0 Å². The average Bonchev–Trinajstić information content (AvgIpc) is 3.20. The minimum atomic E-state index is -5.01. The molecule has 1 aliphatic rings. The van der Waals surface area contributed by atoms with Crippen molar-refractivity contribution in [1.82, 2.24) is 35.3 Å². The van der Waals surface area contributed by atoms with Crippen molar-refractivity contribution in [3.05, 3.63) is 87.8 Å². The first-order valence-electron chi connectivity index (χ1n) is 18.2. The number of aromatic nitrogens is 3. The number of rotatable bonds is 14. The van der Waals surface area contributed by atoms with Crippen LogP contribution in [0.15, 0.2) is 42.7 Å². The van der Waals surface area contributed by atoms with Gasteiger partial charge in [0.2, 0.25) is 6.67 Å². The molecule has 2 N–H and O–H groups in total. The molecule has 4 rings (SSSR count). The van der Waals surface area contributed by atoms with Crippen LogP contribution in [0, 0.1) is 20.8 Å². The highest BCUT2D eigenvalue weighted by Crippen LogP contribution is 2.15. The van der Waals surface area contributed by atoms with Crippen LogP contribution in [-0.2, 0) is 34.0 Å². The number of nitrogens with one attached hydrogen (secondary N) is 2. The SMILES string of the molecule is CCOC(=O)c1cc(C)c[n+](CN2CCN(Cc3cc(C)cc(C(=O)NCCNC(=O)C(F)(F)F)n3)CCN(Cc3cc(C)cc(C(=O)OCC)n3)CC2)c1. The van der Waals surface area contributed by atoms with Crippen LogP contribution in [0.5, 0.6) is 0 Å². The van der Waals surface area contributed by atoms with Gasteiger partial charge in [-0.05, 0) is 76.1 Å². The molecule has 0 bridgehead atoms. The first-order chi connectivity index (χ1) is 26.1. The molecule has 0 radical (unpaired) electrons. The summed E-state index contributed by atoms with van der Waals surface area (Å²) in [6, 6.07) is 8.94. The molecular formula is C38H50F3N8O6+. The Hall–Kier alpha value is -5.00. The molecular weight excluding hydrogens is 721 g/mol. The number of pyridine rings is 3. The standard InChI is InChI=1S/C38H49F3N8O6/c1-6-54-35(51)29-16-28(5)21-49(22-29)25-48-14-12-46(10-11-47(13-15-48)24-31-18-27(4)20-33(45-31)36(52)55-7-2)23-30-17-26(3)19-32(44-30)34(50)42-8-9-43-37(53)38(39,40)41/h16-22H,6-15,23-25H2,1-5H3,(H-,42,43,50,53)/p+1. The van der Waals surface area contributed by atoms with E-state index in [2.05, 4.69) is 30.0 Å². The highest BCUT2D eigenvalue weighted by molar-refractivity contribution is 5.92. The zero-order valence-electron chi connectivity index (χ0n) is 32.0. The molecule has 298 valence electrons. The average molecular weight is 772 g/mol. The van der Waals surface area contributed by atoms with Gasteiger partial charge in [0.15, 0.2) is 12.4 Å². The molecule has 1 aliphatic heterocycles. The van der Waals surface area contributed by atoms with Gasteiger partial charge in [0.25, 0.3) is 5.91 Å². The van der Waals surface area contributed by atoms with Gasteiger partial charge in [0.1, 0.15) is 17.0 Å². The topological polar surface area (TPSA) is 150 Å². The summed E-state index contributed by atoms with van der Waals surface area (Å²) in [6.07, 6.45) is -1.24. The summed E-state index contributed by atoms with van der Waals surface area (Å²) in [6.45, 7) is 14.5. The Kier molecular flexibility index (Phi) is 15.6. The monoisotopic (exact) mass is 771 g/mol. The van der Waals surface area contributed by atoms with Crippen LogP contribution < -0.4 is 15.2 Å². The number of esters is 2. The fourth-order valence-electron chi connectivity index (χ4n) is 6.15. The third-order valence-electron chi connectivity index (χ3n) is 8.62. The number of amides is 2. The summed E-state index contributed by atoms with van der Waals surface area (Å²) in [5.74, 6) is -3.51. The van der Waals surface area contributed by atoms with Crippen molar-refractivity contribution < 1.29 is 46.4 Å². The van der Waals surface area contributed by atoms with Crippen molar-refractivity contribution in [2.24, 2.45) is 0 Å². The molecule has 0 atom stereocenters. The first-order valence-corrected chi connectivity index (χ1v) is 18.2. The highest BCUT2D eigenvalue weighted by atomic mass is 19.4. The molecule has 1 fully saturated rings. The smallest absolute Gasteiger partial charge is 0.462 e. The van der Waals surface area contributed by atoms with Gasteiger partial charge >= 0.3 is 24.0 Å². The van der Waals surface area contributed by atoms with Gasteiger partial charge < -0.3 is 20.1 Å². The third kappa shape index (κ3) is 13.7. The summed E-state index contributed by atoms with van der Waals surface area (Å²) in [5, 5.41) is 4.25. The van der Waals surface area contributed by atoms with E-state index >= 15 is 0 Å². The van der Waals surface area contributed by atoms with Crippen molar-refractivity contribution in [3.63, 3.8) is 0 Å². The van der Waals surface area contributed by atoms with E-state index in [0.29, 0.717) is 70.3 Å². The van der Waals surface area contributed by atoms with Gasteiger partial charge in [-0.2, -0.15) is 17.7 Å². The maximum absolute atomic E-state index is 12.9. The quantitative estimate of drug-likeness (QED) is 0.142. The summed E-state index contributed by atoms with van der Waals surface area (Å²) in [5.41, 5.74) is 4.80. The molecule has 3 aromatic heterocycles. The summed E-state index contributed by atoms with van der Waals surface area (Å²) in [4.78, 5) is 65.1. The van der Waals surface area contributed by atoms with Crippen molar-refractivity contribution >= 4 is 23.8 Å². The van der Waals surface area contributed by atoms with Crippen molar-refractivity contribution in [3.8, 4) is 0 Å². The van der Waals surface area contributed by atoms with Crippen LogP contribution in [0.1, 0.15) is 73.3 Å². The van der Waals surface area contributed by atoms with E-state index in [-0.39, 0.29) is 37.1 Å². The van der Waals surface area contributed by atoms with E-state index < -0.39 is 30.5 Å². The molecule has 14 nitrogen and oxygen atoms in total. The molecule has 0 saturated carbocycles. The normalized spacial score (nSPS) is 14.7. The number of aryl methyl sites for hydroxylation is 3. The van der Waals surface area contributed by atoms with Crippen molar-refractivity contribution in [2.45, 2.75) is 60.6 Å². The zero-order chi connectivity index (χ0) is 40.1. The summed E-state index contributed by atoms with van der Waals surface area (Å²) < 4.78 is 49.9. The zero-order valence-corrected chi connectivity index (χ0v) is 32.0. The van der Waals surface area contributed by atoms with Crippen LogP contribution in [0.3, 0.4) is 0 Å². The van der Waals surface area contributed by atoms with Crippen LogP contribution in [0.2, 0.25) is 0 Å². The molecule has 1 saturated heterocycles. The van der Waals surface area contributed by atoms with Gasteiger partial charge in [-0.1, -0.05) is 0 Å². The number of nitrogens with zero attached hydrogens (tertiary/aromatic N) is 6. The molecule has 2 amide bonds. The van der Waals surface area contributed by atoms with E-state index in [1.54, 1.807) is 43.6 Å². The second kappa shape index (κ2) is 20.1. The van der Waals surface area contributed by atoms with E-state index in [1.165, 1.54) is 0 Å². The fourth-order valence-corrected chi connectivity index (χ4v) is 6.15. The Labute approximate surface area is 319 Å². The third-order valence-corrected chi connectivity index (χ3v) is 8.62. The molecule has 0 unspecified atom stereocenters. The molecule has 55 heavy (non-hydrogen) atoms. The Morgan fingerprint density at radius 1 is 0.691 bits per heavy atom. The van der Waals surface area contributed by atoms with Crippen molar-refractivity contribution in [2.75, 3.05) is 65.6 Å². The number of hydrogen-bond acceptors (Lipinski definition) is 11. The molecule has 0 aliphatic carbocycles. The Morgan fingerprint density at radius 3 is 1.76 bits per heavy atom. The predicted octanol–water partition coefficient (Wildman–Crippen LogP) is 2.73. The lowest BCUT2D eigenvalue weighted by Gasteiger charge is -2.25. The number of ether oxygens (including phenoxy) is 2. The van der Waals surface area contributed by atoms with Crippen molar-refractivity contribution in [1.29, 1.82) is 0 Å². The minimum absolute atomic E-state index is 0.112. The number of alkyl halides is 3. The maximum atomic E-state index is 12.9. The minimum Gasteiger partial charge on any atom is -0.462 e. The van der Waals surface area contributed by atoms with Crippen LogP contribution in [0.4, 0.5) is 13.2 Å². The molecule has 3 aromatic rings. The van der Waals surface area contributed by atoms with Gasteiger partial charge in [-0.3, -0.25) is 19.4 Å². The van der Waals surface area contributed by atoms with Crippen LogP contribution in [-0.4, -0.2) is 120 Å². The summed E-state index contributed by atoms with van der Waals surface area (Å²) >= 11 is 0. The second-order valence-electron chi connectivity index (χ2n) is 13.4. The lowest BCUT2D eigenvalue weighted by molar-refractivity contribution is -0.716. The highest BCUT2D eigenvalue weighted by Gasteiger charge is 2.38. The lowest BCUT2D eigenvalue weighted by atomic mass is 10.2. The van der Waals surface area contributed by atoms with Gasteiger partial charge in [0, 0.05) is 71.0 Å². The predicted molar refractivity (Wildman–Crippen MR) is 195 cm³/mol. The Morgan fingerprint density at radius 2 is 1.20 bits per heavy atom. The Balaban J connectivity index is 1.53. The lowest BCUT2D eigenvalue weighted by Crippen LogP contribution is -2.47. The number of carbonyl (C=O) groups is 4. The Bertz CT molecular complexity index is 1740. The fraction of sp³-hybridized carbons (Fsp3) is 0.500. The van der Waals surface area contributed by atoms with E-state index in [1.807, 2.05) is 43.7 Å². The maximum Gasteiger partial charge on any atom is 0.471 e. The molecule has 0 aromatic carbocycles. The van der Waals surface area contributed by atoms with Crippen LogP contribution >= 0.6 is 0 Å². The van der Waals surface area contributed by atoms with Gasteiger partial charge in [-0.25, -0.2) is 24.5 Å². The second-order valence-corrected chi connectivity index (χ2v) is 13.4. The van der Waals surface area contributed by atoms with Crippen LogP contribution in [0.25, 0.3) is 0 Å². The first kappa shape index (κ1) is 42.7. The van der Waals surface area contributed by atoms with E-state index in [0.717, 1.165) is 22.4 Å². The largest absolute Gasteiger partial charge is 0.471 e. The molecule has 17 heteroatoms.